The minimum atomic E-state index is -0.144. The summed E-state index contributed by atoms with van der Waals surface area (Å²) in [6.07, 6.45) is 2.92. The molecule has 2 aromatic rings. The summed E-state index contributed by atoms with van der Waals surface area (Å²) in [5.41, 5.74) is 4.32. The first-order chi connectivity index (χ1) is 11.3. The number of hydrogen-bond acceptors (Lipinski definition) is 3. The monoisotopic (exact) mass is 308 g/mol. The molecule has 2 heterocycles. The largest absolute Gasteiger partial charge is 0.493 e. The Hall–Kier alpha value is -2.49. The van der Waals surface area contributed by atoms with E-state index in [4.69, 9.17) is 4.74 Å². The molecule has 2 aliphatic rings. The van der Waals surface area contributed by atoms with E-state index in [2.05, 4.69) is 22.8 Å². The lowest BCUT2D eigenvalue weighted by atomic mass is 9.92. The molecule has 2 N–H and O–H groups in total. The van der Waals surface area contributed by atoms with Crippen LogP contribution in [0.4, 0.5) is 11.4 Å². The van der Waals surface area contributed by atoms with Crippen LogP contribution in [0, 0.1) is 0 Å². The number of anilines is 2. The first-order valence-corrected chi connectivity index (χ1v) is 8.21. The van der Waals surface area contributed by atoms with Crippen molar-refractivity contribution in [1.82, 2.24) is 0 Å². The highest BCUT2D eigenvalue weighted by atomic mass is 16.5. The molecule has 1 atom stereocenters. The third kappa shape index (κ3) is 2.77. The fourth-order valence-corrected chi connectivity index (χ4v) is 3.40. The molecule has 118 valence electrons. The van der Waals surface area contributed by atoms with Crippen LogP contribution in [0.15, 0.2) is 42.5 Å². The molecule has 2 aliphatic heterocycles. The Bertz CT molecular complexity index is 742. The topological polar surface area (TPSA) is 50.4 Å². The van der Waals surface area contributed by atoms with Crippen LogP contribution < -0.4 is 15.4 Å². The minimum Gasteiger partial charge on any atom is -0.493 e. The van der Waals surface area contributed by atoms with Crippen molar-refractivity contribution in [3.63, 3.8) is 0 Å². The van der Waals surface area contributed by atoms with Gasteiger partial charge >= 0.3 is 0 Å². The van der Waals surface area contributed by atoms with Crippen LogP contribution in [0.1, 0.15) is 29.9 Å². The van der Waals surface area contributed by atoms with Gasteiger partial charge < -0.3 is 15.4 Å². The summed E-state index contributed by atoms with van der Waals surface area (Å²) in [4.78, 5) is 12.7. The van der Waals surface area contributed by atoms with Gasteiger partial charge in [0.05, 0.1) is 12.5 Å². The lowest BCUT2D eigenvalue weighted by Crippen LogP contribution is -2.26. The first kappa shape index (κ1) is 14.1. The van der Waals surface area contributed by atoms with Crippen LogP contribution in [0.3, 0.4) is 0 Å². The Morgan fingerprint density at radius 3 is 3.09 bits per heavy atom. The molecule has 0 fully saturated rings. The number of aryl methyl sites for hydroxylation is 1. The van der Waals surface area contributed by atoms with Gasteiger partial charge in [-0.2, -0.15) is 0 Å². The van der Waals surface area contributed by atoms with Gasteiger partial charge in [0.15, 0.2) is 0 Å². The van der Waals surface area contributed by atoms with Gasteiger partial charge in [0.25, 0.3) is 0 Å². The highest BCUT2D eigenvalue weighted by molar-refractivity contribution is 5.96. The van der Waals surface area contributed by atoms with Crippen LogP contribution >= 0.6 is 0 Å². The van der Waals surface area contributed by atoms with E-state index in [9.17, 15) is 4.79 Å². The maximum Gasteiger partial charge on any atom is 0.232 e. The number of carbonyl (C=O) groups is 1. The molecule has 4 heteroatoms. The summed E-state index contributed by atoms with van der Waals surface area (Å²) < 4.78 is 5.64. The Kier molecular flexibility index (Phi) is 3.66. The molecule has 0 radical (unpaired) electrons. The van der Waals surface area contributed by atoms with Crippen molar-refractivity contribution in [3.05, 3.63) is 53.6 Å². The molecule has 0 bridgehead atoms. The van der Waals surface area contributed by atoms with Gasteiger partial charge in [0.2, 0.25) is 5.91 Å². The van der Waals surface area contributed by atoms with Gasteiger partial charge in [-0.1, -0.05) is 18.2 Å². The summed E-state index contributed by atoms with van der Waals surface area (Å²) in [6.45, 7) is 1.61. The zero-order chi connectivity index (χ0) is 15.6. The molecule has 4 rings (SSSR count). The van der Waals surface area contributed by atoms with E-state index in [-0.39, 0.29) is 11.8 Å². The van der Waals surface area contributed by atoms with Crippen molar-refractivity contribution >= 4 is 17.3 Å². The number of nitrogens with one attached hydrogen (secondary N) is 2. The highest BCUT2D eigenvalue weighted by Gasteiger charge is 2.27. The number of benzene rings is 2. The molecule has 4 nitrogen and oxygen atoms in total. The van der Waals surface area contributed by atoms with E-state index in [1.807, 2.05) is 30.3 Å². The number of hydrogen-bond donors (Lipinski definition) is 2. The normalized spacial score (nSPS) is 18.9. The summed E-state index contributed by atoms with van der Waals surface area (Å²) in [5.74, 6) is 0.729. The van der Waals surface area contributed by atoms with Crippen LogP contribution in [-0.4, -0.2) is 19.1 Å². The maximum absolute atomic E-state index is 12.7. The third-order valence-electron chi connectivity index (χ3n) is 4.59. The minimum absolute atomic E-state index is 0.0458. The van der Waals surface area contributed by atoms with Crippen LogP contribution in [0.5, 0.6) is 5.75 Å². The second-order valence-electron chi connectivity index (χ2n) is 6.12. The van der Waals surface area contributed by atoms with Crippen LogP contribution in [0.25, 0.3) is 0 Å². The Morgan fingerprint density at radius 1 is 1.22 bits per heavy atom. The van der Waals surface area contributed by atoms with Gasteiger partial charge in [-0.25, -0.2) is 0 Å². The summed E-state index contributed by atoms with van der Waals surface area (Å²) >= 11 is 0. The SMILES string of the molecule is O=C(Nc1ccc2c(c1)CCCN2)C1CCOc2ccccc21. The van der Waals surface area contributed by atoms with Gasteiger partial charge in [0.1, 0.15) is 5.75 Å². The second kappa shape index (κ2) is 5.95. The number of amides is 1. The van der Waals surface area contributed by atoms with E-state index in [1.54, 1.807) is 0 Å². The summed E-state index contributed by atoms with van der Waals surface area (Å²) in [5, 5.41) is 6.47. The average molecular weight is 308 g/mol. The lowest BCUT2D eigenvalue weighted by Gasteiger charge is -2.25. The second-order valence-corrected chi connectivity index (χ2v) is 6.12. The van der Waals surface area contributed by atoms with Crippen LogP contribution in [-0.2, 0) is 11.2 Å². The molecule has 0 aromatic heterocycles. The van der Waals surface area contributed by atoms with Gasteiger partial charge in [-0.05, 0) is 49.1 Å². The Morgan fingerprint density at radius 2 is 2.13 bits per heavy atom. The third-order valence-corrected chi connectivity index (χ3v) is 4.59. The molecule has 0 saturated carbocycles. The zero-order valence-corrected chi connectivity index (χ0v) is 13.0. The number of fused-ring (bicyclic) bond motifs is 2. The number of ether oxygens (including phenoxy) is 1. The average Bonchev–Trinajstić information content (AvgIpc) is 2.61. The van der Waals surface area contributed by atoms with Gasteiger partial charge in [-0.15, -0.1) is 0 Å². The maximum atomic E-state index is 12.7. The predicted molar refractivity (Wildman–Crippen MR) is 91.2 cm³/mol. The molecule has 0 saturated heterocycles. The van der Waals surface area contributed by atoms with E-state index in [1.165, 1.54) is 11.3 Å². The van der Waals surface area contributed by atoms with Crippen molar-refractivity contribution in [2.24, 2.45) is 0 Å². The zero-order valence-electron chi connectivity index (χ0n) is 13.0. The molecular weight excluding hydrogens is 288 g/mol. The number of carbonyl (C=O) groups excluding carboxylic acids is 1. The van der Waals surface area contributed by atoms with Crippen molar-refractivity contribution in [2.45, 2.75) is 25.2 Å². The molecule has 1 unspecified atom stereocenters. The fourth-order valence-electron chi connectivity index (χ4n) is 3.40. The Balaban J connectivity index is 1.55. The highest BCUT2D eigenvalue weighted by Crippen LogP contribution is 2.34. The van der Waals surface area contributed by atoms with E-state index in [0.29, 0.717) is 6.61 Å². The standard InChI is InChI=1S/C19H20N2O2/c22-19(16-9-11-23-18-6-2-1-5-15(16)18)21-14-7-8-17-13(12-14)4-3-10-20-17/h1-2,5-8,12,16,20H,3-4,9-11H2,(H,21,22). The fraction of sp³-hybridized carbons (Fsp3) is 0.316. The molecule has 0 spiro atoms. The van der Waals surface area contributed by atoms with Gasteiger partial charge in [0, 0.05) is 23.5 Å². The van der Waals surface area contributed by atoms with Crippen LogP contribution in [0.2, 0.25) is 0 Å². The molecular formula is C19H20N2O2. The lowest BCUT2D eigenvalue weighted by molar-refractivity contribution is -0.118. The number of para-hydroxylation sites is 1. The van der Waals surface area contributed by atoms with Crippen molar-refractivity contribution < 1.29 is 9.53 Å². The molecule has 1 amide bonds. The first-order valence-electron chi connectivity index (χ1n) is 8.21. The van der Waals surface area contributed by atoms with E-state index in [0.717, 1.165) is 42.8 Å². The van der Waals surface area contributed by atoms with Crippen molar-refractivity contribution in [1.29, 1.82) is 0 Å². The Labute approximate surface area is 135 Å². The predicted octanol–water partition coefficient (Wildman–Crippen LogP) is 3.55. The summed E-state index contributed by atoms with van der Waals surface area (Å²) in [7, 11) is 0. The van der Waals surface area contributed by atoms with Crippen molar-refractivity contribution in [2.75, 3.05) is 23.8 Å². The quantitative estimate of drug-likeness (QED) is 0.892. The van der Waals surface area contributed by atoms with E-state index < -0.39 is 0 Å². The number of rotatable bonds is 2. The van der Waals surface area contributed by atoms with Gasteiger partial charge in [-0.3, -0.25) is 4.79 Å². The molecule has 2 aromatic carbocycles. The smallest absolute Gasteiger partial charge is 0.232 e. The molecule has 23 heavy (non-hydrogen) atoms. The van der Waals surface area contributed by atoms with Crippen molar-refractivity contribution in [3.8, 4) is 5.75 Å². The summed E-state index contributed by atoms with van der Waals surface area (Å²) in [6, 6.07) is 13.9. The van der Waals surface area contributed by atoms with E-state index >= 15 is 0 Å². The molecule has 0 aliphatic carbocycles.